The fourth-order valence-electron chi connectivity index (χ4n) is 2.02. The van der Waals surface area contributed by atoms with Crippen molar-refractivity contribution in [1.82, 2.24) is 20.3 Å². The van der Waals surface area contributed by atoms with E-state index in [0.29, 0.717) is 17.5 Å². The smallest absolute Gasteiger partial charge is 0.240 e. The molecular weight excluding hydrogens is 256 g/mol. The molecule has 0 saturated carbocycles. The second kappa shape index (κ2) is 6.29. The number of methoxy groups -OCH3 is 2. The Hall–Kier alpha value is -2.21. The van der Waals surface area contributed by atoms with Gasteiger partial charge >= 0.3 is 0 Å². The zero-order valence-electron chi connectivity index (χ0n) is 12.0. The maximum absolute atomic E-state index is 5.31. The van der Waals surface area contributed by atoms with Crippen LogP contribution in [0.5, 0.6) is 11.8 Å². The number of ether oxygens (including phenoxy) is 2. The fraction of sp³-hybridized carbons (Fsp3) is 0.357. The van der Waals surface area contributed by atoms with Crippen LogP contribution in [-0.4, -0.2) is 36.2 Å². The molecule has 1 atom stereocenters. The first-order valence-electron chi connectivity index (χ1n) is 6.25. The summed E-state index contributed by atoms with van der Waals surface area (Å²) in [7, 11) is 4.96. The van der Waals surface area contributed by atoms with Gasteiger partial charge in [0.15, 0.2) is 0 Å². The maximum Gasteiger partial charge on any atom is 0.240 e. The van der Waals surface area contributed by atoms with Gasteiger partial charge in [-0.1, -0.05) is 6.07 Å². The number of nitrogens with one attached hydrogen (secondary N) is 1. The van der Waals surface area contributed by atoms with Crippen LogP contribution in [0.3, 0.4) is 0 Å². The van der Waals surface area contributed by atoms with Crippen LogP contribution in [0.1, 0.15) is 23.0 Å². The topological polar surface area (TPSA) is 69.2 Å². The molecule has 0 bridgehead atoms. The zero-order chi connectivity index (χ0) is 14.5. The normalized spacial score (nSPS) is 12.0. The third kappa shape index (κ3) is 2.70. The van der Waals surface area contributed by atoms with Crippen molar-refractivity contribution in [1.29, 1.82) is 0 Å². The van der Waals surface area contributed by atoms with E-state index in [0.717, 1.165) is 11.3 Å². The summed E-state index contributed by atoms with van der Waals surface area (Å²) in [5.74, 6) is 0.840. The molecule has 0 aliphatic carbocycles. The predicted octanol–water partition coefficient (Wildman–Crippen LogP) is 1.51. The Labute approximate surface area is 118 Å². The second-order valence-corrected chi connectivity index (χ2v) is 4.23. The Kier molecular flexibility index (Phi) is 4.47. The van der Waals surface area contributed by atoms with Gasteiger partial charge < -0.3 is 14.8 Å². The molecule has 6 heteroatoms. The minimum Gasteiger partial charge on any atom is -0.480 e. The van der Waals surface area contributed by atoms with Gasteiger partial charge in [-0.3, -0.25) is 4.98 Å². The molecule has 0 aliphatic rings. The Morgan fingerprint density at radius 3 is 2.55 bits per heavy atom. The summed E-state index contributed by atoms with van der Waals surface area (Å²) >= 11 is 0. The summed E-state index contributed by atoms with van der Waals surface area (Å²) in [5, 5.41) is 3.20. The predicted molar refractivity (Wildman–Crippen MR) is 75.0 cm³/mol. The highest BCUT2D eigenvalue weighted by Crippen LogP contribution is 2.28. The molecule has 0 fully saturated rings. The second-order valence-electron chi connectivity index (χ2n) is 4.23. The summed E-state index contributed by atoms with van der Waals surface area (Å²) in [6.07, 6.45) is 3.33. The standard InChI is InChI=1S/C14H18N4O2/c1-9-6-5-7-16-11(9)12(15-2)13-14(20-4)18-10(19-3)8-17-13/h5-8,12,15H,1-4H3. The SMILES string of the molecule is CNC(c1ncccc1C)c1ncc(OC)nc1OC. The number of hydrogen-bond donors (Lipinski definition) is 1. The van der Waals surface area contributed by atoms with E-state index in [4.69, 9.17) is 9.47 Å². The highest BCUT2D eigenvalue weighted by molar-refractivity contribution is 5.34. The highest BCUT2D eigenvalue weighted by Gasteiger charge is 2.22. The van der Waals surface area contributed by atoms with Crippen molar-refractivity contribution in [2.24, 2.45) is 0 Å². The van der Waals surface area contributed by atoms with E-state index < -0.39 is 0 Å². The van der Waals surface area contributed by atoms with Crippen LogP contribution < -0.4 is 14.8 Å². The van der Waals surface area contributed by atoms with E-state index >= 15 is 0 Å². The Morgan fingerprint density at radius 2 is 1.95 bits per heavy atom. The lowest BCUT2D eigenvalue weighted by molar-refractivity contribution is 0.353. The molecule has 2 aromatic heterocycles. The molecule has 0 saturated heterocycles. The number of hydrogen-bond acceptors (Lipinski definition) is 6. The molecule has 0 aliphatic heterocycles. The molecule has 1 unspecified atom stereocenters. The maximum atomic E-state index is 5.31. The first kappa shape index (κ1) is 14.2. The number of pyridine rings is 1. The van der Waals surface area contributed by atoms with Crippen LogP contribution in [0.2, 0.25) is 0 Å². The molecule has 0 spiro atoms. The average Bonchev–Trinajstić information content (AvgIpc) is 2.50. The van der Waals surface area contributed by atoms with Crippen LogP contribution in [0.4, 0.5) is 0 Å². The van der Waals surface area contributed by atoms with Crippen molar-refractivity contribution in [3.63, 3.8) is 0 Å². The Bertz CT molecular complexity index is 589. The lowest BCUT2D eigenvalue weighted by Gasteiger charge is -2.18. The lowest BCUT2D eigenvalue weighted by atomic mass is 10.1. The number of aromatic nitrogens is 3. The van der Waals surface area contributed by atoms with E-state index in [9.17, 15) is 0 Å². The molecule has 0 amide bonds. The van der Waals surface area contributed by atoms with E-state index in [1.807, 2.05) is 26.1 Å². The van der Waals surface area contributed by atoms with E-state index in [1.165, 1.54) is 0 Å². The van der Waals surface area contributed by atoms with Gasteiger partial charge in [0.05, 0.1) is 32.2 Å². The molecule has 2 aromatic rings. The third-order valence-electron chi connectivity index (χ3n) is 3.03. The van der Waals surface area contributed by atoms with Crippen LogP contribution >= 0.6 is 0 Å². The minimum absolute atomic E-state index is 0.190. The van der Waals surface area contributed by atoms with Gasteiger partial charge in [0, 0.05) is 6.20 Å². The van der Waals surface area contributed by atoms with Crippen LogP contribution in [0.15, 0.2) is 24.5 Å². The van der Waals surface area contributed by atoms with Gasteiger partial charge in [-0.2, -0.15) is 4.98 Å². The highest BCUT2D eigenvalue weighted by atomic mass is 16.5. The molecule has 106 valence electrons. The van der Waals surface area contributed by atoms with Crippen molar-refractivity contribution in [2.75, 3.05) is 21.3 Å². The van der Waals surface area contributed by atoms with E-state index in [-0.39, 0.29) is 6.04 Å². The minimum atomic E-state index is -0.190. The third-order valence-corrected chi connectivity index (χ3v) is 3.03. The molecular formula is C14H18N4O2. The first-order chi connectivity index (χ1) is 9.71. The summed E-state index contributed by atoms with van der Waals surface area (Å²) in [4.78, 5) is 13.1. The molecule has 2 heterocycles. The van der Waals surface area contributed by atoms with Crippen molar-refractivity contribution in [2.45, 2.75) is 13.0 Å². The molecule has 6 nitrogen and oxygen atoms in total. The van der Waals surface area contributed by atoms with E-state index in [1.54, 1.807) is 26.6 Å². The van der Waals surface area contributed by atoms with Gasteiger partial charge in [0.25, 0.3) is 0 Å². The monoisotopic (exact) mass is 274 g/mol. The molecule has 0 radical (unpaired) electrons. The van der Waals surface area contributed by atoms with Crippen molar-refractivity contribution < 1.29 is 9.47 Å². The van der Waals surface area contributed by atoms with Gasteiger partial charge in [-0.05, 0) is 25.6 Å². The zero-order valence-corrected chi connectivity index (χ0v) is 12.0. The lowest BCUT2D eigenvalue weighted by Crippen LogP contribution is -2.22. The summed E-state index contributed by atoms with van der Waals surface area (Å²) < 4.78 is 10.4. The van der Waals surface area contributed by atoms with Gasteiger partial charge in [-0.25, -0.2) is 4.98 Å². The van der Waals surface area contributed by atoms with Crippen molar-refractivity contribution >= 4 is 0 Å². The van der Waals surface area contributed by atoms with Crippen LogP contribution in [0.25, 0.3) is 0 Å². The van der Waals surface area contributed by atoms with Crippen molar-refractivity contribution in [3.8, 4) is 11.8 Å². The largest absolute Gasteiger partial charge is 0.480 e. The summed E-state index contributed by atoms with van der Waals surface area (Å²) in [6, 6.07) is 3.73. The van der Waals surface area contributed by atoms with E-state index in [2.05, 4.69) is 20.3 Å². The van der Waals surface area contributed by atoms with Gasteiger partial charge in [0.2, 0.25) is 11.8 Å². The van der Waals surface area contributed by atoms with Crippen LogP contribution in [0, 0.1) is 6.92 Å². The summed E-state index contributed by atoms with van der Waals surface area (Å²) in [6.45, 7) is 2.01. The molecule has 2 rings (SSSR count). The Balaban J connectivity index is 2.49. The molecule has 20 heavy (non-hydrogen) atoms. The molecule has 0 aromatic carbocycles. The number of rotatable bonds is 5. The van der Waals surface area contributed by atoms with Crippen molar-refractivity contribution in [3.05, 3.63) is 41.5 Å². The molecule has 1 N–H and O–H groups in total. The van der Waals surface area contributed by atoms with Crippen LogP contribution in [-0.2, 0) is 0 Å². The first-order valence-corrected chi connectivity index (χ1v) is 6.25. The van der Waals surface area contributed by atoms with Gasteiger partial charge in [-0.15, -0.1) is 0 Å². The van der Waals surface area contributed by atoms with Gasteiger partial charge in [0.1, 0.15) is 5.69 Å². The summed E-state index contributed by atoms with van der Waals surface area (Å²) in [5.41, 5.74) is 2.65. The number of aryl methyl sites for hydroxylation is 1. The number of nitrogens with zero attached hydrogens (tertiary/aromatic N) is 3. The Morgan fingerprint density at radius 1 is 1.15 bits per heavy atom. The average molecular weight is 274 g/mol. The fourth-order valence-corrected chi connectivity index (χ4v) is 2.02. The quantitative estimate of drug-likeness (QED) is 0.891.